The predicted octanol–water partition coefficient (Wildman–Crippen LogP) is 4.60. The maximum Gasteiger partial charge on any atom is 0.169 e. The van der Waals surface area contributed by atoms with Gasteiger partial charge in [-0.25, -0.2) is 0 Å². The number of nitrogens with zero attached hydrogens (tertiary/aromatic N) is 2. The number of hydrogen-bond donors (Lipinski definition) is 4. The summed E-state index contributed by atoms with van der Waals surface area (Å²) in [4.78, 5) is 0. The van der Waals surface area contributed by atoms with Crippen molar-refractivity contribution in [1.82, 2.24) is 15.1 Å². The van der Waals surface area contributed by atoms with Crippen molar-refractivity contribution in [3.63, 3.8) is 0 Å². The Morgan fingerprint density at radius 2 is 1.42 bits per heavy atom. The number of aromatic hydroxyl groups is 1. The molecule has 154 valence electrons. The molecule has 0 unspecified atom stereocenters. The smallest absolute Gasteiger partial charge is 0.169 e. The molecule has 31 heavy (non-hydrogen) atoms. The highest BCUT2D eigenvalue weighted by atomic mass is 16.3. The second kappa shape index (κ2) is 6.89. The van der Waals surface area contributed by atoms with Crippen molar-refractivity contribution < 1.29 is 5.11 Å². The molecule has 0 bridgehead atoms. The molecule has 6 nitrogen and oxygen atoms in total. The van der Waals surface area contributed by atoms with Crippen LogP contribution in [0.3, 0.4) is 0 Å². The van der Waals surface area contributed by atoms with Crippen molar-refractivity contribution in [2.45, 2.75) is 19.3 Å². The molecule has 4 N–H and O–H groups in total. The van der Waals surface area contributed by atoms with Crippen molar-refractivity contribution in [3.05, 3.63) is 83.6 Å². The van der Waals surface area contributed by atoms with Crippen LogP contribution in [0.1, 0.15) is 23.0 Å². The van der Waals surface area contributed by atoms with Gasteiger partial charge in [0.1, 0.15) is 17.6 Å². The second-order valence-electron chi connectivity index (χ2n) is 8.14. The third-order valence-corrected chi connectivity index (χ3v) is 6.17. The lowest BCUT2D eigenvalue weighted by Gasteiger charge is -2.13. The van der Waals surface area contributed by atoms with Gasteiger partial charge in [0, 0.05) is 25.7 Å². The van der Waals surface area contributed by atoms with Crippen LogP contribution >= 0.6 is 0 Å². The van der Waals surface area contributed by atoms with Gasteiger partial charge in [0.25, 0.3) is 0 Å². The minimum absolute atomic E-state index is 0.196. The van der Waals surface area contributed by atoms with Gasteiger partial charge in [-0.1, -0.05) is 54.6 Å². The molecule has 1 aromatic heterocycles. The van der Waals surface area contributed by atoms with E-state index in [0.717, 1.165) is 41.3 Å². The number of benzene rings is 3. The third kappa shape index (κ3) is 2.95. The van der Waals surface area contributed by atoms with E-state index in [9.17, 15) is 5.11 Å². The first-order valence-electron chi connectivity index (χ1n) is 10.5. The minimum Gasteiger partial charge on any atom is -0.504 e. The topological polar surface area (TPSA) is 74.1 Å². The fourth-order valence-corrected chi connectivity index (χ4v) is 4.57. The number of anilines is 2. The van der Waals surface area contributed by atoms with E-state index in [1.54, 1.807) is 4.68 Å². The highest BCUT2D eigenvalue weighted by Gasteiger charge is 2.30. The summed E-state index contributed by atoms with van der Waals surface area (Å²) in [6.07, 6.45) is -0.236. The molecule has 0 amide bonds. The van der Waals surface area contributed by atoms with E-state index in [1.807, 2.05) is 37.4 Å². The average Bonchev–Trinajstić information content (AvgIpc) is 3.49. The van der Waals surface area contributed by atoms with E-state index >= 15 is 0 Å². The first kappa shape index (κ1) is 18.0. The molecule has 0 spiro atoms. The Hall–Kier alpha value is -3.77. The summed E-state index contributed by atoms with van der Waals surface area (Å²) < 4.78 is 1.75. The van der Waals surface area contributed by atoms with Crippen molar-refractivity contribution in [1.29, 1.82) is 0 Å². The SMILES string of the molecule is Cn1nc(-c2ccc(-c3ccccc3)cc2)c(O)c1C1Nc2cc3c(cc2N1)CNC3. The largest absolute Gasteiger partial charge is 0.504 e. The van der Waals surface area contributed by atoms with Gasteiger partial charge in [-0.3, -0.25) is 4.68 Å². The monoisotopic (exact) mass is 409 g/mol. The highest BCUT2D eigenvalue weighted by molar-refractivity contribution is 5.79. The van der Waals surface area contributed by atoms with E-state index in [0.29, 0.717) is 5.69 Å². The zero-order valence-corrected chi connectivity index (χ0v) is 17.2. The molecule has 0 saturated carbocycles. The average molecular weight is 409 g/mol. The summed E-state index contributed by atoms with van der Waals surface area (Å²) in [6.45, 7) is 1.80. The molecular formula is C25H23N5O. The van der Waals surface area contributed by atoms with Crippen LogP contribution < -0.4 is 16.0 Å². The van der Waals surface area contributed by atoms with Gasteiger partial charge >= 0.3 is 0 Å². The van der Waals surface area contributed by atoms with Crippen molar-refractivity contribution in [3.8, 4) is 28.1 Å². The molecule has 3 aromatic carbocycles. The van der Waals surface area contributed by atoms with Crippen molar-refractivity contribution in [2.75, 3.05) is 10.6 Å². The summed E-state index contributed by atoms with van der Waals surface area (Å²) in [7, 11) is 1.87. The quantitative estimate of drug-likeness (QED) is 0.398. The molecule has 0 fully saturated rings. The third-order valence-electron chi connectivity index (χ3n) is 6.17. The Kier molecular flexibility index (Phi) is 4.01. The minimum atomic E-state index is -0.236. The van der Waals surface area contributed by atoms with E-state index in [-0.39, 0.29) is 11.9 Å². The number of nitrogens with one attached hydrogen (secondary N) is 3. The van der Waals surface area contributed by atoms with E-state index in [2.05, 4.69) is 57.4 Å². The van der Waals surface area contributed by atoms with Gasteiger partial charge in [-0.15, -0.1) is 0 Å². The highest BCUT2D eigenvalue weighted by Crippen LogP contribution is 2.42. The Morgan fingerprint density at radius 1 is 0.839 bits per heavy atom. The molecule has 0 aliphatic carbocycles. The van der Waals surface area contributed by atoms with E-state index in [4.69, 9.17) is 0 Å². The first-order valence-corrected chi connectivity index (χ1v) is 10.5. The fraction of sp³-hybridized carbons (Fsp3) is 0.160. The van der Waals surface area contributed by atoms with Gasteiger partial charge in [-0.05, 0) is 34.4 Å². The lowest BCUT2D eigenvalue weighted by molar-refractivity contribution is 0.464. The molecule has 3 heterocycles. The van der Waals surface area contributed by atoms with Crippen LogP contribution in [-0.2, 0) is 20.1 Å². The molecule has 0 atom stereocenters. The second-order valence-corrected chi connectivity index (χ2v) is 8.14. The Morgan fingerprint density at radius 3 is 2.06 bits per heavy atom. The Bertz CT molecular complexity index is 1240. The number of hydrogen-bond acceptors (Lipinski definition) is 5. The van der Waals surface area contributed by atoms with Crippen LogP contribution in [-0.4, -0.2) is 14.9 Å². The molecule has 6 rings (SSSR count). The van der Waals surface area contributed by atoms with Crippen LogP contribution in [0, 0.1) is 0 Å². The Balaban J connectivity index is 1.31. The zero-order chi connectivity index (χ0) is 20.9. The van der Waals surface area contributed by atoms with Crippen LogP contribution in [0.25, 0.3) is 22.4 Å². The van der Waals surface area contributed by atoms with E-state index in [1.165, 1.54) is 16.7 Å². The molecule has 0 saturated heterocycles. The number of fused-ring (bicyclic) bond motifs is 2. The number of rotatable bonds is 3. The Labute approximate surface area is 180 Å². The molecule has 2 aliphatic heterocycles. The zero-order valence-electron chi connectivity index (χ0n) is 17.2. The summed E-state index contributed by atoms with van der Waals surface area (Å²) in [6, 6.07) is 22.8. The predicted molar refractivity (Wildman–Crippen MR) is 123 cm³/mol. The first-order chi connectivity index (χ1) is 15.2. The van der Waals surface area contributed by atoms with Crippen LogP contribution in [0.15, 0.2) is 66.7 Å². The summed E-state index contributed by atoms with van der Waals surface area (Å²) >= 11 is 0. The molecule has 0 radical (unpaired) electrons. The normalized spacial score (nSPS) is 14.7. The van der Waals surface area contributed by atoms with Crippen molar-refractivity contribution in [2.24, 2.45) is 7.05 Å². The maximum absolute atomic E-state index is 11.1. The molecule has 6 heteroatoms. The lowest BCUT2D eigenvalue weighted by atomic mass is 10.0. The van der Waals surface area contributed by atoms with Gasteiger partial charge in [0.15, 0.2) is 5.75 Å². The summed E-state index contributed by atoms with van der Waals surface area (Å²) in [5.41, 5.74) is 9.25. The van der Waals surface area contributed by atoms with Crippen LogP contribution in [0.5, 0.6) is 5.75 Å². The van der Waals surface area contributed by atoms with Gasteiger partial charge in [0.2, 0.25) is 0 Å². The molecular weight excluding hydrogens is 386 g/mol. The molecule has 4 aromatic rings. The van der Waals surface area contributed by atoms with Gasteiger partial charge in [-0.2, -0.15) is 5.10 Å². The summed E-state index contributed by atoms with van der Waals surface area (Å²) in [5.74, 6) is 0.196. The van der Waals surface area contributed by atoms with Crippen molar-refractivity contribution >= 4 is 11.4 Å². The lowest BCUT2D eigenvalue weighted by Crippen LogP contribution is -2.16. The maximum atomic E-state index is 11.1. The van der Waals surface area contributed by atoms with E-state index < -0.39 is 0 Å². The van der Waals surface area contributed by atoms with Gasteiger partial charge < -0.3 is 21.1 Å². The molecule has 2 aliphatic rings. The standard InChI is InChI=1S/C25H23N5O/c1-30-23(25-27-20-11-18-13-26-14-19(18)12-21(20)28-25)24(31)22(29-30)17-9-7-16(8-10-17)15-5-3-2-4-6-15/h2-12,25-28,31H,13-14H2,1H3. The number of aromatic nitrogens is 2. The van der Waals surface area contributed by atoms with Crippen LogP contribution in [0.4, 0.5) is 11.4 Å². The van der Waals surface area contributed by atoms with Gasteiger partial charge in [0.05, 0.1) is 11.4 Å². The number of aryl methyl sites for hydroxylation is 1. The fourth-order valence-electron chi connectivity index (χ4n) is 4.57. The summed E-state index contributed by atoms with van der Waals surface area (Å²) in [5, 5.41) is 26.1. The van der Waals surface area contributed by atoms with Crippen LogP contribution in [0.2, 0.25) is 0 Å².